The van der Waals surface area contributed by atoms with Crippen LogP contribution in [-0.2, 0) is 15.8 Å². The minimum absolute atomic E-state index is 0.174. The molecule has 25 heavy (non-hydrogen) atoms. The number of carboxylic acid groups (broad SMARTS) is 1. The van der Waals surface area contributed by atoms with Crippen molar-refractivity contribution < 1.29 is 27.9 Å². The summed E-state index contributed by atoms with van der Waals surface area (Å²) < 4.78 is 39.2. The van der Waals surface area contributed by atoms with Crippen molar-refractivity contribution in [2.24, 2.45) is 17.3 Å². The highest BCUT2D eigenvalue weighted by Crippen LogP contribution is 2.59. The molecule has 2 fully saturated rings. The molecule has 1 N–H and O–H groups in total. The number of rotatable bonds is 3. The first-order valence-electron chi connectivity index (χ1n) is 8.17. The number of carbonyl (C=O) groups is 2. The molecule has 1 aliphatic heterocycles. The topological polar surface area (TPSA) is 75.4 Å². The van der Waals surface area contributed by atoms with Gasteiger partial charge in [0.15, 0.2) is 5.69 Å². The second-order valence-corrected chi connectivity index (χ2v) is 7.35. The van der Waals surface area contributed by atoms with Crippen LogP contribution in [0.25, 0.3) is 0 Å². The van der Waals surface area contributed by atoms with E-state index in [1.165, 1.54) is 10.9 Å². The molecule has 1 saturated heterocycles. The third kappa shape index (κ3) is 3.11. The number of aliphatic carboxylic acids is 1. The van der Waals surface area contributed by atoms with Gasteiger partial charge in [0.25, 0.3) is 0 Å². The van der Waals surface area contributed by atoms with E-state index in [0.717, 1.165) is 6.07 Å². The highest BCUT2D eigenvalue weighted by atomic mass is 19.4. The van der Waals surface area contributed by atoms with Crippen molar-refractivity contribution in [1.29, 1.82) is 0 Å². The number of hydrogen-bond donors (Lipinski definition) is 1. The molecule has 1 aromatic heterocycles. The lowest BCUT2D eigenvalue weighted by atomic mass is 10.0. The second kappa shape index (κ2) is 5.74. The Labute approximate surface area is 142 Å². The quantitative estimate of drug-likeness (QED) is 0.899. The lowest BCUT2D eigenvalue weighted by Crippen LogP contribution is -2.41. The molecule has 138 valence electrons. The average Bonchev–Trinajstić information content (AvgIpc) is 2.87. The molecule has 0 unspecified atom stereocenters. The van der Waals surface area contributed by atoms with E-state index in [4.69, 9.17) is 0 Å². The van der Waals surface area contributed by atoms with Crippen molar-refractivity contribution in [3.05, 3.63) is 18.0 Å². The van der Waals surface area contributed by atoms with Crippen molar-refractivity contribution in [3.8, 4) is 0 Å². The highest BCUT2D eigenvalue weighted by molar-refractivity contribution is 5.91. The van der Waals surface area contributed by atoms with Crippen molar-refractivity contribution in [2.75, 3.05) is 13.1 Å². The van der Waals surface area contributed by atoms with Crippen LogP contribution in [0.5, 0.6) is 0 Å². The van der Waals surface area contributed by atoms with Gasteiger partial charge in [0.1, 0.15) is 0 Å². The van der Waals surface area contributed by atoms with E-state index in [-0.39, 0.29) is 11.9 Å². The fourth-order valence-electron chi connectivity index (χ4n) is 3.80. The van der Waals surface area contributed by atoms with E-state index in [9.17, 15) is 27.9 Å². The average molecular weight is 359 g/mol. The zero-order valence-corrected chi connectivity index (χ0v) is 14.0. The van der Waals surface area contributed by atoms with Crippen LogP contribution in [0.1, 0.15) is 38.4 Å². The number of amides is 1. The number of likely N-dealkylation sites (tertiary alicyclic amines) is 1. The summed E-state index contributed by atoms with van der Waals surface area (Å²) >= 11 is 0. The fourth-order valence-corrected chi connectivity index (χ4v) is 3.80. The molecule has 6 nitrogen and oxygen atoms in total. The van der Waals surface area contributed by atoms with E-state index in [1.54, 1.807) is 18.7 Å². The number of nitrogens with zero attached hydrogens (tertiary/aromatic N) is 3. The van der Waals surface area contributed by atoms with Crippen molar-refractivity contribution in [2.45, 2.75) is 38.9 Å². The summed E-state index contributed by atoms with van der Waals surface area (Å²) in [7, 11) is 0. The molecule has 0 radical (unpaired) electrons. The van der Waals surface area contributed by atoms with Crippen LogP contribution >= 0.6 is 0 Å². The summed E-state index contributed by atoms with van der Waals surface area (Å²) in [5.74, 6) is -2.33. The summed E-state index contributed by atoms with van der Waals surface area (Å²) in [6.07, 6.45) is -2.16. The molecule has 0 bridgehead atoms. The molecule has 1 aliphatic carbocycles. The van der Waals surface area contributed by atoms with Gasteiger partial charge in [-0.25, -0.2) is 0 Å². The summed E-state index contributed by atoms with van der Waals surface area (Å²) in [6.45, 7) is 4.32. The lowest BCUT2D eigenvalue weighted by molar-refractivity contribution is -0.143. The SMILES string of the molecule is CC1(C)[C@H](C(=O)O)[C@@H]1C(=O)N1CCC(n2ccc(C(F)(F)F)n2)CC1. The lowest BCUT2D eigenvalue weighted by Gasteiger charge is -2.32. The van der Waals surface area contributed by atoms with Gasteiger partial charge < -0.3 is 10.0 Å². The molecule has 1 saturated carbocycles. The van der Waals surface area contributed by atoms with E-state index >= 15 is 0 Å². The van der Waals surface area contributed by atoms with Gasteiger partial charge in [0.2, 0.25) is 5.91 Å². The predicted octanol–water partition coefficient (Wildman–Crippen LogP) is 2.42. The van der Waals surface area contributed by atoms with Gasteiger partial charge in [0, 0.05) is 19.3 Å². The monoisotopic (exact) mass is 359 g/mol. The Kier molecular flexibility index (Phi) is 4.08. The maximum absolute atomic E-state index is 12.6. The van der Waals surface area contributed by atoms with Crippen LogP contribution in [0, 0.1) is 17.3 Å². The molecule has 2 atom stereocenters. The minimum Gasteiger partial charge on any atom is -0.481 e. The Balaban J connectivity index is 1.60. The third-order valence-electron chi connectivity index (χ3n) is 5.41. The predicted molar refractivity (Wildman–Crippen MR) is 80.5 cm³/mol. The van der Waals surface area contributed by atoms with Gasteiger partial charge in [-0.15, -0.1) is 0 Å². The van der Waals surface area contributed by atoms with E-state index in [0.29, 0.717) is 25.9 Å². The van der Waals surface area contributed by atoms with Gasteiger partial charge in [-0.3, -0.25) is 14.3 Å². The Morgan fingerprint density at radius 2 is 1.84 bits per heavy atom. The molecule has 1 aromatic rings. The second-order valence-electron chi connectivity index (χ2n) is 7.35. The Morgan fingerprint density at radius 1 is 1.24 bits per heavy atom. The van der Waals surface area contributed by atoms with Crippen molar-refractivity contribution >= 4 is 11.9 Å². The van der Waals surface area contributed by atoms with Gasteiger partial charge in [-0.1, -0.05) is 13.8 Å². The van der Waals surface area contributed by atoms with Gasteiger partial charge in [-0.05, 0) is 24.3 Å². The summed E-state index contributed by atoms with van der Waals surface area (Å²) in [4.78, 5) is 25.4. The Bertz CT molecular complexity index is 690. The smallest absolute Gasteiger partial charge is 0.435 e. The van der Waals surface area contributed by atoms with Gasteiger partial charge >= 0.3 is 12.1 Å². The number of aromatic nitrogens is 2. The number of carboxylic acids is 1. The largest absolute Gasteiger partial charge is 0.481 e. The number of alkyl halides is 3. The van der Waals surface area contributed by atoms with Crippen molar-refractivity contribution in [1.82, 2.24) is 14.7 Å². The number of piperidine rings is 1. The Morgan fingerprint density at radius 3 is 2.28 bits per heavy atom. The van der Waals surface area contributed by atoms with Gasteiger partial charge in [0.05, 0.1) is 17.9 Å². The van der Waals surface area contributed by atoms with E-state index in [2.05, 4.69) is 5.10 Å². The number of carbonyl (C=O) groups excluding carboxylic acids is 1. The van der Waals surface area contributed by atoms with Crippen LogP contribution in [-0.4, -0.2) is 44.8 Å². The normalized spacial score (nSPS) is 26.5. The first-order valence-corrected chi connectivity index (χ1v) is 8.17. The van der Waals surface area contributed by atoms with Crippen LogP contribution in [0.3, 0.4) is 0 Å². The van der Waals surface area contributed by atoms with Crippen LogP contribution < -0.4 is 0 Å². The zero-order chi connectivity index (χ0) is 18.6. The molecule has 0 spiro atoms. The molecule has 3 rings (SSSR count). The van der Waals surface area contributed by atoms with Gasteiger partial charge in [-0.2, -0.15) is 18.3 Å². The maximum Gasteiger partial charge on any atom is 0.435 e. The number of hydrogen-bond acceptors (Lipinski definition) is 3. The molecule has 9 heteroatoms. The minimum atomic E-state index is -4.47. The molecule has 0 aromatic carbocycles. The number of halogens is 3. The first kappa shape index (κ1) is 17.8. The zero-order valence-electron chi connectivity index (χ0n) is 14.0. The summed E-state index contributed by atoms with van der Waals surface area (Å²) in [5.41, 5.74) is -1.47. The van der Waals surface area contributed by atoms with Crippen molar-refractivity contribution in [3.63, 3.8) is 0 Å². The van der Waals surface area contributed by atoms with Crippen LogP contribution in [0.15, 0.2) is 12.3 Å². The Hall–Kier alpha value is -2.06. The third-order valence-corrected chi connectivity index (χ3v) is 5.41. The van der Waals surface area contributed by atoms with E-state index in [1.807, 2.05) is 0 Å². The molecule has 1 amide bonds. The molecule has 2 aliphatic rings. The fraction of sp³-hybridized carbons (Fsp3) is 0.688. The van der Waals surface area contributed by atoms with Crippen LogP contribution in [0.2, 0.25) is 0 Å². The summed E-state index contributed by atoms with van der Waals surface area (Å²) in [5, 5.41) is 12.8. The van der Waals surface area contributed by atoms with E-state index < -0.39 is 35.1 Å². The molecular formula is C16H20F3N3O3. The highest BCUT2D eigenvalue weighted by Gasteiger charge is 2.66. The summed E-state index contributed by atoms with van der Waals surface area (Å²) in [6, 6.07) is 0.754. The standard InChI is InChI=1S/C16H20F3N3O3/c1-15(2)11(12(15)14(24)25)13(23)21-6-3-9(4-7-21)22-8-5-10(20-22)16(17,18)19/h5,8-9,11-12H,3-4,6-7H2,1-2H3,(H,24,25)/t11-,12+/m1/s1. The molecule has 2 heterocycles. The van der Waals surface area contributed by atoms with Crippen LogP contribution in [0.4, 0.5) is 13.2 Å². The molecular weight excluding hydrogens is 339 g/mol. The first-order chi connectivity index (χ1) is 11.5. The maximum atomic E-state index is 12.6.